The molecule has 3 rings (SSSR count). The predicted molar refractivity (Wildman–Crippen MR) is 101 cm³/mol. The summed E-state index contributed by atoms with van der Waals surface area (Å²) >= 11 is 13.4. The molecule has 0 radical (unpaired) electrons. The lowest BCUT2D eigenvalue weighted by Gasteiger charge is -2.11. The van der Waals surface area contributed by atoms with Crippen molar-refractivity contribution < 1.29 is 4.79 Å². The first-order chi connectivity index (χ1) is 11.9. The summed E-state index contributed by atoms with van der Waals surface area (Å²) in [5.74, 6) is 0.339. The Balaban J connectivity index is 1.87. The van der Waals surface area contributed by atoms with Crippen LogP contribution in [0.1, 0.15) is 17.0 Å². The molecule has 0 atom stereocenters. The van der Waals surface area contributed by atoms with E-state index >= 15 is 0 Å². The maximum atomic E-state index is 12.4. The Kier molecular flexibility index (Phi) is 5.17. The number of aryl methyl sites for hydroxylation is 2. The van der Waals surface area contributed by atoms with Crippen molar-refractivity contribution >= 4 is 52.3 Å². The third kappa shape index (κ3) is 3.73. The van der Waals surface area contributed by atoms with Gasteiger partial charge in [0.05, 0.1) is 17.1 Å². The number of amides is 1. The number of halogens is 2. The van der Waals surface area contributed by atoms with Gasteiger partial charge in [-0.05, 0) is 38.3 Å². The maximum absolute atomic E-state index is 12.4. The summed E-state index contributed by atoms with van der Waals surface area (Å²) in [6.07, 6.45) is 2.06. The lowest BCUT2D eigenvalue weighted by molar-refractivity contribution is -0.115. The number of benzene rings is 1. The number of fused-ring (bicyclic) bond motifs is 1. The Labute approximate surface area is 158 Å². The predicted octanol–water partition coefficient (Wildman–Crippen LogP) is 3.95. The van der Waals surface area contributed by atoms with Gasteiger partial charge in [-0.2, -0.15) is 4.98 Å². The van der Waals surface area contributed by atoms with Crippen molar-refractivity contribution in [1.82, 2.24) is 19.6 Å². The van der Waals surface area contributed by atoms with E-state index in [0.717, 1.165) is 17.0 Å². The van der Waals surface area contributed by atoms with Crippen molar-refractivity contribution in [2.75, 3.05) is 11.6 Å². The van der Waals surface area contributed by atoms with Gasteiger partial charge in [0, 0.05) is 22.0 Å². The Morgan fingerprint density at radius 1 is 1.28 bits per heavy atom. The minimum absolute atomic E-state index is 0.161. The average molecular weight is 396 g/mol. The lowest BCUT2D eigenvalue weighted by atomic mass is 10.1. The molecule has 0 bridgehead atoms. The van der Waals surface area contributed by atoms with Crippen LogP contribution in [0.3, 0.4) is 0 Å². The molecular formula is C16H15Cl2N5OS. The molecule has 0 spiro atoms. The smallest absolute Gasteiger partial charge is 0.253 e. The van der Waals surface area contributed by atoms with Gasteiger partial charge in [0.15, 0.2) is 0 Å². The van der Waals surface area contributed by atoms with E-state index in [1.807, 2.05) is 20.1 Å². The fourth-order valence-corrected chi connectivity index (χ4v) is 3.27. The number of aromatic nitrogens is 4. The zero-order chi connectivity index (χ0) is 18.1. The van der Waals surface area contributed by atoms with Crippen LogP contribution < -0.4 is 5.32 Å². The Bertz CT molecular complexity index is 973. The molecule has 0 fully saturated rings. The molecule has 6 nitrogen and oxygen atoms in total. The molecule has 130 valence electrons. The van der Waals surface area contributed by atoms with Gasteiger partial charge >= 0.3 is 0 Å². The number of anilines is 1. The Morgan fingerprint density at radius 2 is 2.04 bits per heavy atom. The number of thioether (sulfide) groups is 1. The average Bonchev–Trinajstić information content (AvgIpc) is 2.97. The highest BCUT2D eigenvalue weighted by Gasteiger charge is 2.16. The van der Waals surface area contributed by atoms with Crippen molar-refractivity contribution in [3.63, 3.8) is 0 Å². The molecule has 0 saturated carbocycles. The van der Waals surface area contributed by atoms with Crippen molar-refractivity contribution in [2.45, 2.75) is 25.4 Å². The number of nitrogens with zero attached hydrogens (tertiary/aromatic N) is 4. The van der Waals surface area contributed by atoms with Gasteiger partial charge in [-0.1, -0.05) is 35.0 Å². The van der Waals surface area contributed by atoms with Crippen molar-refractivity contribution in [2.24, 2.45) is 0 Å². The largest absolute Gasteiger partial charge is 0.324 e. The number of carbonyl (C=O) groups is 1. The zero-order valence-electron chi connectivity index (χ0n) is 13.8. The van der Waals surface area contributed by atoms with E-state index in [1.165, 1.54) is 11.8 Å². The van der Waals surface area contributed by atoms with Gasteiger partial charge in [-0.25, -0.2) is 9.50 Å². The van der Waals surface area contributed by atoms with E-state index in [0.29, 0.717) is 26.7 Å². The quantitative estimate of drug-likeness (QED) is 0.676. The standard InChI is InChI=1S/C16H15Cl2N5OS/c1-8-11(9(2)23-15(19-8)21-16(22-23)25-3)7-14(24)20-13-5-4-10(17)6-12(13)18/h4-6H,7H2,1-3H3,(H,20,24). The minimum atomic E-state index is -0.193. The maximum Gasteiger partial charge on any atom is 0.253 e. The van der Waals surface area contributed by atoms with Crippen LogP contribution >= 0.6 is 35.0 Å². The van der Waals surface area contributed by atoms with Crippen molar-refractivity contribution in [3.8, 4) is 0 Å². The summed E-state index contributed by atoms with van der Waals surface area (Å²) in [5, 5.41) is 8.73. The van der Waals surface area contributed by atoms with Crippen LogP contribution in [0, 0.1) is 13.8 Å². The van der Waals surface area contributed by atoms with Gasteiger partial charge < -0.3 is 5.32 Å². The van der Waals surface area contributed by atoms with E-state index in [1.54, 1.807) is 22.7 Å². The van der Waals surface area contributed by atoms with Crippen LogP contribution in [-0.4, -0.2) is 31.7 Å². The number of nitrogens with one attached hydrogen (secondary N) is 1. The van der Waals surface area contributed by atoms with Crippen LogP contribution in [0.2, 0.25) is 10.0 Å². The Hall–Kier alpha value is -1.83. The lowest BCUT2D eigenvalue weighted by Crippen LogP contribution is -2.18. The van der Waals surface area contributed by atoms with E-state index in [9.17, 15) is 4.79 Å². The molecule has 0 aliphatic rings. The summed E-state index contributed by atoms with van der Waals surface area (Å²) in [5.41, 5.74) is 2.92. The first-order valence-corrected chi connectivity index (χ1v) is 9.39. The molecule has 1 N–H and O–H groups in total. The van der Waals surface area contributed by atoms with E-state index < -0.39 is 0 Å². The number of hydrogen-bond donors (Lipinski definition) is 1. The molecule has 25 heavy (non-hydrogen) atoms. The summed E-state index contributed by atoms with van der Waals surface area (Å²) < 4.78 is 1.66. The summed E-state index contributed by atoms with van der Waals surface area (Å²) in [7, 11) is 0. The molecule has 2 heterocycles. The zero-order valence-corrected chi connectivity index (χ0v) is 16.1. The molecule has 3 aromatic rings. The van der Waals surface area contributed by atoms with E-state index in [4.69, 9.17) is 23.2 Å². The molecular weight excluding hydrogens is 381 g/mol. The molecule has 0 aliphatic heterocycles. The van der Waals surface area contributed by atoms with Gasteiger partial charge in [0.25, 0.3) is 5.78 Å². The summed E-state index contributed by atoms with van der Waals surface area (Å²) in [6.45, 7) is 3.76. The molecule has 0 unspecified atom stereocenters. The van der Waals surface area contributed by atoms with Crippen molar-refractivity contribution in [3.05, 3.63) is 45.2 Å². The van der Waals surface area contributed by atoms with Crippen LogP contribution in [-0.2, 0) is 11.2 Å². The SMILES string of the molecule is CSc1nc2nc(C)c(CC(=O)Nc3ccc(Cl)cc3Cl)c(C)n2n1. The normalized spacial score (nSPS) is 11.1. The summed E-state index contributed by atoms with van der Waals surface area (Å²) in [6, 6.07) is 4.93. The second-order valence-corrected chi connectivity index (χ2v) is 7.04. The minimum Gasteiger partial charge on any atom is -0.324 e. The van der Waals surface area contributed by atoms with Crippen LogP contribution in [0.5, 0.6) is 0 Å². The molecule has 0 aliphatic carbocycles. The fourth-order valence-electron chi connectivity index (χ4n) is 2.48. The third-order valence-corrected chi connectivity index (χ3v) is 4.84. The second-order valence-electron chi connectivity index (χ2n) is 5.42. The summed E-state index contributed by atoms with van der Waals surface area (Å²) in [4.78, 5) is 21.2. The molecule has 0 saturated heterocycles. The number of rotatable bonds is 4. The van der Waals surface area contributed by atoms with Gasteiger partial charge in [-0.3, -0.25) is 4.79 Å². The number of hydrogen-bond acceptors (Lipinski definition) is 5. The highest BCUT2D eigenvalue weighted by Crippen LogP contribution is 2.26. The van der Waals surface area contributed by atoms with Crippen LogP contribution in [0.25, 0.3) is 5.78 Å². The monoisotopic (exact) mass is 395 g/mol. The van der Waals surface area contributed by atoms with Gasteiger partial charge in [0.2, 0.25) is 11.1 Å². The molecule has 2 aromatic heterocycles. The van der Waals surface area contributed by atoms with Crippen LogP contribution in [0.4, 0.5) is 5.69 Å². The molecule has 9 heteroatoms. The van der Waals surface area contributed by atoms with E-state index in [2.05, 4.69) is 20.4 Å². The first kappa shape index (κ1) is 18.0. The first-order valence-electron chi connectivity index (χ1n) is 7.40. The van der Waals surface area contributed by atoms with E-state index in [-0.39, 0.29) is 12.3 Å². The topological polar surface area (TPSA) is 72.2 Å². The van der Waals surface area contributed by atoms with Gasteiger partial charge in [0.1, 0.15) is 0 Å². The van der Waals surface area contributed by atoms with Crippen LogP contribution in [0.15, 0.2) is 23.4 Å². The number of carbonyl (C=O) groups excluding carboxylic acids is 1. The fraction of sp³-hybridized carbons (Fsp3) is 0.250. The molecule has 1 amide bonds. The van der Waals surface area contributed by atoms with Crippen molar-refractivity contribution in [1.29, 1.82) is 0 Å². The van der Waals surface area contributed by atoms with Gasteiger partial charge in [-0.15, -0.1) is 5.10 Å². The Morgan fingerprint density at radius 3 is 2.72 bits per heavy atom. The highest BCUT2D eigenvalue weighted by atomic mass is 35.5. The second kappa shape index (κ2) is 7.19. The highest BCUT2D eigenvalue weighted by molar-refractivity contribution is 7.98. The third-order valence-electron chi connectivity index (χ3n) is 3.75. The molecule has 1 aromatic carbocycles.